The topological polar surface area (TPSA) is 77.3 Å². The number of rotatable bonds is 7. The van der Waals surface area contributed by atoms with Crippen molar-refractivity contribution in [2.24, 2.45) is 0 Å². The van der Waals surface area contributed by atoms with Crippen LogP contribution in [0.2, 0.25) is 0 Å². The van der Waals surface area contributed by atoms with Crippen LogP contribution in [-0.4, -0.2) is 29.0 Å². The number of methoxy groups -OCH3 is 1. The van der Waals surface area contributed by atoms with Gasteiger partial charge in [0.25, 0.3) is 5.89 Å². The summed E-state index contributed by atoms with van der Waals surface area (Å²) >= 11 is 1.63. The lowest BCUT2D eigenvalue weighted by atomic mass is 10.2. The zero-order valence-electron chi connectivity index (χ0n) is 14.6. The Bertz CT molecular complexity index is 878. The minimum absolute atomic E-state index is 0.0799. The van der Waals surface area contributed by atoms with Crippen molar-refractivity contribution in [3.63, 3.8) is 0 Å². The summed E-state index contributed by atoms with van der Waals surface area (Å²) in [6.45, 7) is 2.05. The normalized spacial score (nSPS) is 10.5. The molecule has 0 saturated heterocycles. The van der Waals surface area contributed by atoms with Gasteiger partial charge in [0.1, 0.15) is 5.75 Å². The van der Waals surface area contributed by atoms with E-state index in [2.05, 4.69) is 39.8 Å². The molecule has 0 fully saturated rings. The van der Waals surface area contributed by atoms with Gasteiger partial charge in [-0.2, -0.15) is 0 Å². The highest BCUT2D eigenvalue weighted by molar-refractivity contribution is 7.99. The second-order valence-electron chi connectivity index (χ2n) is 5.57. The fourth-order valence-corrected chi connectivity index (χ4v) is 3.13. The number of para-hydroxylation sites is 1. The summed E-state index contributed by atoms with van der Waals surface area (Å²) in [6, 6.07) is 15.6. The van der Waals surface area contributed by atoms with Gasteiger partial charge in [0.15, 0.2) is 0 Å². The van der Waals surface area contributed by atoms with E-state index in [0.29, 0.717) is 29.4 Å². The second-order valence-corrected chi connectivity index (χ2v) is 6.74. The Morgan fingerprint density at radius 2 is 1.92 bits per heavy atom. The highest BCUT2D eigenvalue weighted by Gasteiger charge is 2.14. The van der Waals surface area contributed by atoms with Crippen molar-refractivity contribution in [2.75, 3.05) is 18.2 Å². The number of thioether (sulfide) groups is 1. The van der Waals surface area contributed by atoms with Gasteiger partial charge >= 0.3 is 6.01 Å². The number of benzene rings is 2. The molecule has 0 aliphatic rings. The van der Waals surface area contributed by atoms with Crippen LogP contribution in [-0.2, 0) is 4.79 Å². The standard InChI is InChI=1S/C19H19N3O3S/c1-13-7-9-14(10-8-13)26-12-11-17(23)20-19-22-21-18(25-19)15-5-3-4-6-16(15)24-2/h3-10H,11-12H2,1-2H3,(H,20,22,23). The SMILES string of the molecule is COc1ccccc1-c1nnc(NC(=O)CCSc2ccc(C)cc2)o1. The van der Waals surface area contributed by atoms with Crippen molar-refractivity contribution < 1.29 is 13.9 Å². The van der Waals surface area contributed by atoms with E-state index in [1.807, 2.05) is 25.1 Å². The first-order valence-corrected chi connectivity index (χ1v) is 9.10. The summed E-state index contributed by atoms with van der Waals surface area (Å²) in [4.78, 5) is 13.2. The first-order chi connectivity index (χ1) is 12.7. The molecule has 0 aliphatic carbocycles. The summed E-state index contributed by atoms with van der Waals surface area (Å²) in [7, 11) is 1.57. The number of ether oxygens (including phenoxy) is 1. The minimum atomic E-state index is -0.167. The Balaban J connectivity index is 1.53. The van der Waals surface area contributed by atoms with Gasteiger partial charge in [0.2, 0.25) is 5.91 Å². The predicted molar refractivity (Wildman–Crippen MR) is 101 cm³/mol. The van der Waals surface area contributed by atoms with E-state index in [9.17, 15) is 4.79 Å². The molecule has 0 atom stereocenters. The lowest BCUT2D eigenvalue weighted by molar-refractivity contribution is -0.115. The number of amides is 1. The minimum Gasteiger partial charge on any atom is -0.496 e. The Hall–Kier alpha value is -2.80. The maximum Gasteiger partial charge on any atom is 0.322 e. The number of nitrogens with zero attached hydrogens (tertiary/aromatic N) is 2. The van der Waals surface area contributed by atoms with Crippen LogP contribution in [0.1, 0.15) is 12.0 Å². The third-order valence-electron chi connectivity index (χ3n) is 3.63. The number of aromatic nitrogens is 2. The summed E-state index contributed by atoms with van der Waals surface area (Å²) in [5, 5.41) is 10.5. The van der Waals surface area contributed by atoms with E-state index in [1.54, 1.807) is 24.9 Å². The van der Waals surface area contributed by atoms with Crippen molar-refractivity contribution >= 4 is 23.7 Å². The smallest absolute Gasteiger partial charge is 0.322 e. The molecule has 6 nitrogen and oxygen atoms in total. The molecule has 7 heteroatoms. The molecular formula is C19H19N3O3S. The molecule has 0 saturated carbocycles. The fourth-order valence-electron chi connectivity index (χ4n) is 2.28. The molecule has 1 amide bonds. The maximum atomic E-state index is 12.0. The first-order valence-electron chi connectivity index (χ1n) is 8.12. The Morgan fingerprint density at radius 1 is 1.15 bits per heavy atom. The third-order valence-corrected chi connectivity index (χ3v) is 4.64. The van der Waals surface area contributed by atoms with Gasteiger partial charge in [-0.15, -0.1) is 16.9 Å². The van der Waals surface area contributed by atoms with Gasteiger partial charge in [0.05, 0.1) is 12.7 Å². The van der Waals surface area contributed by atoms with Crippen LogP contribution in [0.3, 0.4) is 0 Å². The molecular weight excluding hydrogens is 350 g/mol. The van der Waals surface area contributed by atoms with Crippen molar-refractivity contribution in [1.29, 1.82) is 0 Å². The molecule has 1 heterocycles. The zero-order valence-corrected chi connectivity index (χ0v) is 15.4. The molecule has 0 radical (unpaired) electrons. The quantitative estimate of drug-likeness (QED) is 0.630. The van der Waals surface area contributed by atoms with Crippen LogP contribution in [0.4, 0.5) is 6.01 Å². The van der Waals surface area contributed by atoms with Crippen LogP contribution in [0.5, 0.6) is 5.75 Å². The lowest BCUT2D eigenvalue weighted by Crippen LogP contribution is -2.12. The highest BCUT2D eigenvalue weighted by Crippen LogP contribution is 2.29. The van der Waals surface area contributed by atoms with Gasteiger partial charge < -0.3 is 9.15 Å². The van der Waals surface area contributed by atoms with Gasteiger partial charge in [-0.3, -0.25) is 10.1 Å². The zero-order chi connectivity index (χ0) is 18.4. The first kappa shape index (κ1) is 18.0. The van der Waals surface area contributed by atoms with E-state index in [0.717, 1.165) is 4.90 Å². The van der Waals surface area contributed by atoms with E-state index in [1.165, 1.54) is 5.56 Å². The van der Waals surface area contributed by atoms with Crippen molar-refractivity contribution in [3.05, 3.63) is 54.1 Å². The number of anilines is 1. The number of nitrogens with one attached hydrogen (secondary N) is 1. The summed E-state index contributed by atoms with van der Waals surface area (Å²) in [6.07, 6.45) is 0.352. The van der Waals surface area contributed by atoms with E-state index in [-0.39, 0.29) is 11.9 Å². The van der Waals surface area contributed by atoms with Crippen LogP contribution >= 0.6 is 11.8 Å². The van der Waals surface area contributed by atoms with Gasteiger partial charge in [-0.1, -0.05) is 34.9 Å². The van der Waals surface area contributed by atoms with Crippen molar-refractivity contribution in [3.8, 4) is 17.2 Å². The molecule has 1 N–H and O–H groups in total. The van der Waals surface area contributed by atoms with Crippen LogP contribution in [0.15, 0.2) is 57.8 Å². The highest BCUT2D eigenvalue weighted by atomic mass is 32.2. The molecule has 26 heavy (non-hydrogen) atoms. The number of carbonyl (C=O) groups excluding carboxylic acids is 1. The summed E-state index contributed by atoms with van der Waals surface area (Å²) in [5.41, 5.74) is 1.90. The summed E-state index contributed by atoms with van der Waals surface area (Å²) < 4.78 is 10.8. The largest absolute Gasteiger partial charge is 0.496 e. The monoisotopic (exact) mass is 369 g/mol. The number of aryl methyl sites for hydroxylation is 1. The lowest BCUT2D eigenvalue weighted by Gasteiger charge is -2.03. The van der Waals surface area contributed by atoms with E-state index in [4.69, 9.17) is 9.15 Å². The van der Waals surface area contributed by atoms with Gasteiger partial charge in [-0.05, 0) is 31.2 Å². The van der Waals surface area contributed by atoms with Crippen molar-refractivity contribution in [2.45, 2.75) is 18.2 Å². The number of hydrogen-bond acceptors (Lipinski definition) is 6. The van der Waals surface area contributed by atoms with Gasteiger partial charge in [0, 0.05) is 17.1 Å². The molecule has 0 aliphatic heterocycles. The molecule has 134 valence electrons. The van der Waals surface area contributed by atoms with Crippen LogP contribution in [0, 0.1) is 6.92 Å². The van der Waals surface area contributed by atoms with Crippen molar-refractivity contribution in [1.82, 2.24) is 10.2 Å². The fraction of sp³-hybridized carbons (Fsp3) is 0.211. The molecule has 2 aromatic carbocycles. The molecule has 0 bridgehead atoms. The van der Waals surface area contributed by atoms with E-state index >= 15 is 0 Å². The average molecular weight is 369 g/mol. The third kappa shape index (κ3) is 4.64. The molecule has 3 aromatic rings. The maximum absolute atomic E-state index is 12.0. The van der Waals surface area contributed by atoms with E-state index < -0.39 is 0 Å². The van der Waals surface area contributed by atoms with Crippen LogP contribution in [0.25, 0.3) is 11.5 Å². The molecule has 0 unspecified atom stereocenters. The predicted octanol–water partition coefficient (Wildman–Crippen LogP) is 4.17. The second kappa shape index (κ2) is 8.53. The Labute approximate surface area is 156 Å². The molecule has 0 spiro atoms. The number of carbonyl (C=O) groups is 1. The molecule has 1 aromatic heterocycles. The average Bonchev–Trinajstić information content (AvgIpc) is 3.11. The van der Waals surface area contributed by atoms with Crippen LogP contribution < -0.4 is 10.1 Å². The summed E-state index contributed by atoms with van der Waals surface area (Å²) in [5.74, 6) is 1.43. The number of hydrogen-bond donors (Lipinski definition) is 1. The van der Waals surface area contributed by atoms with Gasteiger partial charge in [-0.25, -0.2) is 0 Å². The Morgan fingerprint density at radius 3 is 2.69 bits per heavy atom. The molecule has 3 rings (SSSR count). The Kier molecular flexibility index (Phi) is 5.91.